The molecule has 1 aliphatic heterocycles. The number of benzene rings is 1. The summed E-state index contributed by atoms with van der Waals surface area (Å²) in [4.78, 5) is 12.2. The number of carbonyl (C=O) groups excluding carboxylic acids is 1. The van der Waals surface area contributed by atoms with E-state index in [1.54, 1.807) is 18.2 Å². The summed E-state index contributed by atoms with van der Waals surface area (Å²) in [5, 5.41) is 2.93. The molecule has 1 saturated carbocycles. The van der Waals surface area contributed by atoms with Gasteiger partial charge >= 0.3 is 0 Å². The Morgan fingerprint density at radius 1 is 1.24 bits per heavy atom. The zero-order valence-corrected chi connectivity index (χ0v) is 9.66. The standard InChI is InChI=1S/C13H16N2O2/c14-9-4-5-10-11(8-9)17-13(12(16)15-10)6-2-1-3-7-13/h4-5,8H,1-3,6-7,14H2,(H,15,16). The van der Waals surface area contributed by atoms with Gasteiger partial charge in [0, 0.05) is 11.8 Å². The van der Waals surface area contributed by atoms with Crippen LogP contribution in [0.15, 0.2) is 18.2 Å². The summed E-state index contributed by atoms with van der Waals surface area (Å²) in [5.74, 6) is 0.695. The van der Waals surface area contributed by atoms with Gasteiger partial charge in [0.2, 0.25) is 0 Å². The molecule has 0 saturated heterocycles. The third-order valence-electron chi connectivity index (χ3n) is 3.63. The van der Waals surface area contributed by atoms with Gasteiger partial charge in [-0.1, -0.05) is 6.42 Å². The van der Waals surface area contributed by atoms with Crippen molar-refractivity contribution in [2.24, 2.45) is 0 Å². The molecule has 4 nitrogen and oxygen atoms in total. The molecule has 1 aromatic carbocycles. The first-order valence-corrected chi connectivity index (χ1v) is 6.10. The van der Waals surface area contributed by atoms with E-state index < -0.39 is 5.60 Å². The zero-order valence-electron chi connectivity index (χ0n) is 9.66. The van der Waals surface area contributed by atoms with E-state index in [1.165, 1.54) is 6.42 Å². The molecule has 0 radical (unpaired) electrons. The second-order valence-corrected chi connectivity index (χ2v) is 4.87. The van der Waals surface area contributed by atoms with Gasteiger partial charge in [0.05, 0.1) is 5.69 Å². The molecule has 0 atom stereocenters. The highest BCUT2D eigenvalue weighted by atomic mass is 16.5. The number of hydrogen-bond acceptors (Lipinski definition) is 3. The molecular weight excluding hydrogens is 216 g/mol. The fourth-order valence-corrected chi connectivity index (χ4v) is 2.67. The number of nitrogen functional groups attached to an aromatic ring is 1. The number of fused-ring (bicyclic) bond motifs is 1. The van der Waals surface area contributed by atoms with Crippen LogP contribution in [0, 0.1) is 0 Å². The largest absolute Gasteiger partial charge is 0.475 e. The molecule has 17 heavy (non-hydrogen) atoms. The molecule has 1 amide bonds. The van der Waals surface area contributed by atoms with E-state index in [0.29, 0.717) is 11.4 Å². The summed E-state index contributed by atoms with van der Waals surface area (Å²) in [7, 11) is 0. The van der Waals surface area contributed by atoms with Crippen molar-refractivity contribution in [3.63, 3.8) is 0 Å². The molecule has 0 unspecified atom stereocenters. The highest BCUT2D eigenvalue weighted by Crippen LogP contribution is 2.41. The quantitative estimate of drug-likeness (QED) is 0.674. The van der Waals surface area contributed by atoms with Crippen molar-refractivity contribution in [3.8, 4) is 5.75 Å². The predicted octanol–water partition coefficient (Wildman–Crippen LogP) is 2.30. The van der Waals surface area contributed by atoms with Crippen LogP contribution in [0.3, 0.4) is 0 Å². The second-order valence-electron chi connectivity index (χ2n) is 4.87. The van der Waals surface area contributed by atoms with Gasteiger partial charge in [-0.3, -0.25) is 4.79 Å². The Bertz CT molecular complexity index is 464. The smallest absolute Gasteiger partial charge is 0.268 e. The van der Waals surface area contributed by atoms with Crippen molar-refractivity contribution in [1.29, 1.82) is 0 Å². The van der Waals surface area contributed by atoms with Crippen molar-refractivity contribution in [1.82, 2.24) is 0 Å². The van der Waals surface area contributed by atoms with E-state index in [2.05, 4.69) is 5.32 Å². The minimum Gasteiger partial charge on any atom is -0.475 e. The van der Waals surface area contributed by atoms with E-state index in [0.717, 1.165) is 31.4 Å². The molecule has 3 N–H and O–H groups in total. The SMILES string of the molecule is Nc1ccc2c(c1)OC1(CCCCC1)C(=O)N2. The summed E-state index contributed by atoms with van der Waals surface area (Å²) < 4.78 is 5.96. The van der Waals surface area contributed by atoms with Gasteiger partial charge in [0.15, 0.2) is 5.60 Å². The van der Waals surface area contributed by atoms with Gasteiger partial charge in [-0.15, -0.1) is 0 Å². The van der Waals surface area contributed by atoms with Crippen molar-refractivity contribution >= 4 is 17.3 Å². The van der Waals surface area contributed by atoms with Crippen LogP contribution in [0.4, 0.5) is 11.4 Å². The molecule has 1 fully saturated rings. The Morgan fingerprint density at radius 3 is 2.76 bits per heavy atom. The molecule has 3 rings (SSSR count). The molecule has 1 aromatic rings. The molecular formula is C13H16N2O2. The highest BCUT2D eigenvalue weighted by Gasteiger charge is 2.45. The van der Waals surface area contributed by atoms with Crippen LogP contribution in [-0.4, -0.2) is 11.5 Å². The molecule has 0 bridgehead atoms. The lowest BCUT2D eigenvalue weighted by Crippen LogP contribution is -2.51. The number of amides is 1. The van der Waals surface area contributed by atoms with Crippen LogP contribution < -0.4 is 15.8 Å². The third kappa shape index (κ3) is 1.64. The van der Waals surface area contributed by atoms with Crippen LogP contribution >= 0.6 is 0 Å². The maximum Gasteiger partial charge on any atom is 0.268 e. The van der Waals surface area contributed by atoms with Crippen LogP contribution in [-0.2, 0) is 4.79 Å². The first-order chi connectivity index (χ1) is 8.20. The normalized spacial score (nSPS) is 21.5. The highest BCUT2D eigenvalue weighted by molar-refractivity contribution is 6.01. The first-order valence-electron chi connectivity index (χ1n) is 6.10. The minimum atomic E-state index is -0.654. The fraction of sp³-hybridized carbons (Fsp3) is 0.462. The van der Waals surface area contributed by atoms with Crippen LogP contribution in [0.25, 0.3) is 0 Å². The van der Waals surface area contributed by atoms with Crippen molar-refractivity contribution in [2.45, 2.75) is 37.7 Å². The average molecular weight is 232 g/mol. The number of nitrogens with one attached hydrogen (secondary N) is 1. The van der Waals surface area contributed by atoms with Gasteiger partial charge < -0.3 is 15.8 Å². The van der Waals surface area contributed by atoms with Crippen molar-refractivity contribution in [3.05, 3.63) is 18.2 Å². The van der Waals surface area contributed by atoms with E-state index in [1.807, 2.05) is 0 Å². The average Bonchev–Trinajstić information content (AvgIpc) is 2.32. The Morgan fingerprint density at radius 2 is 2.00 bits per heavy atom. The van der Waals surface area contributed by atoms with Gasteiger partial charge in [0.1, 0.15) is 5.75 Å². The van der Waals surface area contributed by atoms with Gasteiger partial charge in [-0.05, 0) is 37.8 Å². The Hall–Kier alpha value is -1.71. The monoisotopic (exact) mass is 232 g/mol. The second kappa shape index (κ2) is 3.65. The summed E-state index contributed by atoms with van der Waals surface area (Å²) in [6.45, 7) is 0. The molecule has 4 heteroatoms. The lowest BCUT2D eigenvalue weighted by atomic mass is 9.83. The first kappa shape index (κ1) is 10.4. The summed E-state index contributed by atoms with van der Waals surface area (Å²) in [6.07, 6.45) is 4.87. The lowest BCUT2D eigenvalue weighted by Gasteiger charge is -2.39. The number of nitrogens with two attached hydrogens (primary N) is 1. The predicted molar refractivity (Wildman–Crippen MR) is 65.9 cm³/mol. The van der Waals surface area contributed by atoms with Gasteiger partial charge in [0.25, 0.3) is 5.91 Å². The van der Waals surface area contributed by atoms with Crippen molar-refractivity contribution < 1.29 is 9.53 Å². The van der Waals surface area contributed by atoms with Crippen LogP contribution in [0.5, 0.6) is 5.75 Å². The number of anilines is 2. The van der Waals surface area contributed by atoms with Crippen molar-refractivity contribution in [2.75, 3.05) is 11.1 Å². The lowest BCUT2D eigenvalue weighted by molar-refractivity contribution is -0.135. The summed E-state index contributed by atoms with van der Waals surface area (Å²) in [5.41, 5.74) is 6.47. The molecule has 90 valence electrons. The number of rotatable bonds is 0. The maximum atomic E-state index is 12.2. The molecule has 1 aliphatic carbocycles. The van der Waals surface area contributed by atoms with E-state index in [4.69, 9.17) is 10.5 Å². The zero-order chi connectivity index (χ0) is 11.9. The third-order valence-corrected chi connectivity index (χ3v) is 3.63. The number of carbonyl (C=O) groups is 1. The van der Waals surface area contributed by atoms with E-state index in [-0.39, 0.29) is 5.91 Å². The Balaban J connectivity index is 1.98. The molecule has 0 aromatic heterocycles. The number of ether oxygens (including phenoxy) is 1. The molecule has 2 aliphatic rings. The van der Waals surface area contributed by atoms with E-state index >= 15 is 0 Å². The molecule has 1 spiro atoms. The fourth-order valence-electron chi connectivity index (χ4n) is 2.67. The number of hydrogen-bond donors (Lipinski definition) is 2. The Kier molecular flexibility index (Phi) is 2.24. The molecule has 1 heterocycles. The van der Waals surface area contributed by atoms with Crippen LogP contribution in [0.2, 0.25) is 0 Å². The minimum absolute atomic E-state index is 0.00512. The summed E-state index contributed by atoms with van der Waals surface area (Å²) >= 11 is 0. The maximum absolute atomic E-state index is 12.2. The topological polar surface area (TPSA) is 64.3 Å². The van der Waals surface area contributed by atoms with Gasteiger partial charge in [-0.2, -0.15) is 0 Å². The summed E-state index contributed by atoms with van der Waals surface area (Å²) in [6, 6.07) is 5.34. The Labute approximate surface area is 100 Å². The van der Waals surface area contributed by atoms with E-state index in [9.17, 15) is 4.79 Å². The van der Waals surface area contributed by atoms with Gasteiger partial charge in [-0.25, -0.2) is 0 Å². The van der Waals surface area contributed by atoms with Crippen LogP contribution in [0.1, 0.15) is 32.1 Å².